The van der Waals surface area contributed by atoms with Crippen molar-refractivity contribution >= 4 is 46.5 Å². The Morgan fingerprint density at radius 1 is 1.12 bits per heavy atom. The molecule has 0 bridgehead atoms. The van der Waals surface area contributed by atoms with E-state index in [4.69, 9.17) is 12.2 Å². The molecule has 0 unspecified atom stereocenters. The summed E-state index contributed by atoms with van der Waals surface area (Å²) in [6.45, 7) is 3.60. The van der Waals surface area contributed by atoms with Gasteiger partial charge in [0.1, 0.15) is 0 Å². The molecule has 0 radical (unpaired) electrons. The zero-order chi connectivity index (χ0) is 18.1. The van der Waals surface area contributed by atoms with Crippen LogP contribution in [0.1, 0.15) is 26.7 Å². The summed E-state index contributed by atoms with van der Waals surface area (Å²) in [6.07, 6.45) is -0.0271. The fourth-order valence-electron chi connectivity index (χ4n) is 1.63. The first-order chi connectivity index (χ1) is 11.3. The van der Waals surface area contributed by atoms with E-state index in [-0.39, 0.29) is 35.7 Å². The van der Waals surface area contributed by atoms with Gasteiger partial charge in [0.25, 0.3) is 0 Å². The lowest BCUT2D eigenvalue weighted by Crippen LogP contribution is -2.34. The molecule has 0 atom stereocenters. The predicted octanol–water partition coefficient (Wildman–Crippen LogP) is 2.05. The van der Waals surface area contributed by atoms with E-state index in [1.807, 2.05) is 0 Å². The molecule has 0 saturated carbocycles. The van der Waals surface area contributed by atoms with Crippen molar-refractivity contribution in [3.63, 3.8) is 0 Å². The molecule has 1 aromatic carbocycles. The van der Waals surface area contributed by atoms with Crippen LogP contribution in [0, 0.1) is 5.92 Å². The van der Waals surface area contributed by atoms with Gasteiger partial charge in [0.05, 0.1) is 13.5 Å². The lowest BCUT2D eigenvalue weighted by molar-refractivity contribution is -0.142. The van der Waals surface area contributed by atoms with Crippen molar-refractivity contribution in [3.05, 3.63) is 24.3 Å². The molecule has 0 aliphatic carbocycles. The van der Waals surface area contributed by atoms with Gasteiger partial charge >= 0.3 is 5.97 Å². The third kappa shape index (κ3) is 7.19. The molecule has 0 aliphatic rings. The Bertz CT molecular complexity index is 632. The van der Waals surface area contributed by atoms with E-state index in [2.05, 4.69) is 20.7 Å². The SMILES string of the molecule is COC(=O)CCC(=O)NC(=S)Nc1cccc(NC(=O)C(C)C)c1. The highest BCUT2D eigenvalue weighted by Gasteiger charge is 2.10. The number of amides is 2. The summed E-state index contributed by atoms with van der Waals surface area (Å²) in [5.41, 5.74) is 1.24. The van der Waals surface area contributed by atoms with Gasteiger partial charge in [-0.2, -0.15) is 0 Å². The summed E-state index contributed by atoms with van der Waals surface area (Å²) in [6, 6.07) is 6.95. The largest absolute Gasteiger partial charge is 0.469 e. The highest BCUT2D eigenvalue weighted by atomic mass is 32.1. The number of anilines is 2. The molecule has 0 aliphatic heterocycles. The highest BCUT2D eigenvalue weighted by Crippen LogP contribution is 2.15. The van der Waals surface area contributed by atoms with Crippen molar-refractivity contribution in [3.8, 4) is 0 Å². The average Bonchev–Trinajstić information content (AvgIpc) is 2.52. The molecule has 0 fully saturated rings. The molecule has 0 heterocycles. The van der Waals surface area contributed by atoms with Gasteiger partial charge in [-0.3, -0.25) is 14.4 Å². The van der Waals surface area contributed by atoms with E-state index in [0.717, 1.165) is 0 Å². The first-order valence-electron chi connectivity index (χ1n) is 7.40. The van der Waals surface area contributed by atoms with Crippen LogP contribution in [0.3, 0.4) is 0 Å². The molecule has 0 spiro atoms. The number of carbonyl (C=O) groups is 3. The Morgan fingerprint density at radius 3 is 2.33 bits per heavy atom. The maximum atomic E-state index is 11.7. The summed E-state index contributed by atoms with van der Waals surface area (Å²) < 4.78 is 4.46. The number of methoxy groups -OCH3 is 1. The van der Waals surface area contributed by atoms with Crippen molar-refractivity contribution in [1.29, 1.82) is 0 Å². The van der Waals surface area contributed by atoms with Gasteiger partial charge in [0.15, 0.2) is 5.11 Å². The third-order valence-corrected chi connectivity index (χ3v) is 3.15. The van der Waals surface area contributed by atoms with E-state index < -0.39 is 5.97 Å². The Morgan fingerprint density at radius 2 is 1.75 bits per heavy atom. The van der Waals surface area contributed by atoms with Crippen LogP contribution < -0.4 is 16.0 Å². The third-order valence-electron chi connectivity index (χ3n) is 2.95. The zero-order valence-electron chi connectivity index (χ0n) is 13.8. The Hall–Kier alpha value is -2.48. The number of benzene rings is 1. The normalized spacial score (nSPS) is 10.0. The number of hydrogen-bond acceptors (Lipinski definition) is 5. The second kappa shape index (κ2) is 9.61. The molecule has 1 rings (SSSR count). The minimum Gasteiger partial charge on any atom is -0.469 e. The minimum atomic E-state index is -0.461. The fourth-order valence-corrected chi connectivity index (χ4v) is 1.86. The summed E-state index contributed by atoms with van der Waals surface area (Å²) >= 11 is 5.05. The maximum Gasteiger partial charge on any atom is 0.306 e. The summed E-state index contributed by atoms with van der Waals surface area (Å²) in [7, 11) is 1.26. The fraction of sp³-hybridized carbons (Fsp3) is 0.375. The van der Waals surface area contributed by atoms with E-state index in [0.29, 0.717) is 11.4 Å². The zero-order valence-corrected chi connectivity index (χ0v) is 14.7. The van der Waals surface area contributed by atoms with Crippen LogP contribution in [-0.2, 0) is 19.1 Å². The topological polar surface area (TPSA) is 96.5 Å². The highest BCUT2D eigenvalue weighted by molar-refractivity contribution is 7.80. The van der Waals surface area contributed by atoms with Crippen LogP contribution in [0.5, 0.6) is 0 Å². The van der Waals surface area contributed by atoms with Gasteiger partial charge < -0.3 is 20.7 Å². The first kappa shape index (κ1) is 19.6. The summed E-state index contributed by atoms with van der Waals surface area (Å²) in [5.74, 6) is -1.07. The number of hydrogen-bond donors (Lipinski definition) is 3. The lowest BCUT2D eigenvalue weighted by atomic mass is 10.2. The number of esters is 1. The quantitative estimate of drug-likeness (QED) is 0.536. The van der Waals surface area contributed by atoms with Gasteiger partial charge in [-0.25, -0.2) is 0 Å². The molecule has 8 heteroatoms. The van der Waals surface area contributed by atoms with E-state index in [1.165, 1.54) is 7.11 Å². The standard InChI is InChI=1S/C16H21N3O4S/c1-10(2)15(22)17-11-5-4-6-12(9-11)18-16(24)19-13(20)7-8-14(21)23-3/h4-6,9-10H,7-8H2,1-3H3,(H,17,22)(H2,18,19,20,24). The van der Waals surface area contributed by atoms with Crippen LogP contribution in [0.25, 0.3) is 0 Å². The van der Waals surface area contributed by atoms with Gasteiger partial charge in [-0.1, -0.05) is 19.9 Å². The van der Waals surface area contributed by atoms with Gasteiger partial charge in [0.2, 0.25) is 11.8 Å². The summed E-state index contributed by atoms with van der Waals surface area (Å²) in [4.78, 5) is 34.3. The Balaban J connectivity index is 2.53. The van der Waals surface area contributed by atoms with Crippen molar-refractivity contribution in [1.82, 2.24) is 5.32 Å². The van der Waals surface area contributed by atoms with Crippen molar-refractivity contribution < 1.29 is 19.1 Å². The van der Waals surface area contributed by atoms with E-state index >= 15 is 0 Å². The van der Waals surface area contributed by atoms with Gasteiger partial charge in [-0.15, -0.1) is 0 Å². The van der Waals surface area contributed by atoms with Crippen LogP contribution in [0.15, 0.2) is 24.3 Å². The van der Waals surface area contributed by atoms with E-state index in [9.17, 15) is 14.4 Å². The van der Waals surface area contributed by atoms with Crippen molar-refractivity contribution in [2.24, 2.45) is 5.92 Å². The second-order valence-corrected chi connectivity index (χ2v) is 5.71. The average molecular weight is 351 g/mol. The number of ether oxygens (including phenoxy) is 1. The van der Waals surface area contributed by atoms with E-state index in [1.54, 1.807) is 38.1 Å². The number of carbonyl (C=O) groups excluding carboxylic acids is 3. The molecule has 0 aromatic heterocycles. The van der Waals surface area contributed by atoms with Gasteiger partial charge in [0, 0.05) is 23.7 Å². The monoisotopic (exact) mass is 351 g/mol. The molecule has 0 saturated heterocycles. The first-order valence-corrected chi connectivity index (χ1v) is 7.81. The molecule has 3 N–H and O–H groups in total. The van der Waals surface area contributed by atoms with Gasteiger partial charge in [-0.05, 0) is 30.4 Å². The Labute approximate surface area is 146 Å². The molecule has 1 aromatic rings. The smallest absolute Gasteiger partial charge is 0.306 e. The summed E-state index contributed by atoms with van der Waals surface area (Å²) in [5, 5.41) is 8.20. The molecule has 130 valence electrons. The van der Waals surface area contributed by atoms with Crippen LogP contribution in [0.4, 0.5) is 11.4 Å². The number of rotatable bonds is 6. The predicted molar refractivity (Wildman–Crippen MR) is 95.5 cm³/mol. The molecule has 2 amide bonds. The Kier molecular flexibility index (Phi) is 7.84. The number of nitrogens with one attached hydrogen (secondary N) is 3. The van der Waals surface area contributed by atoms with Crippen LogP contribution in [-0.4, -0.2) is 30.0 Å². The molecule has 7 nitrogen and oxygen atoms in total. The van der Waals surface area contributed by atoms with Crippen molar-refractivity contribution in [2.45, 2.75) is 26.7 Å². The number of thiocarbonyl (C=S) groups is 1. The molecule has 24 heavy (non-hydrogen) atoms. The lowest BCUT2D eigenvalue weighted by Gasteiger charge is -2.12. The molecular formula is C16H21N3O4S. The minimum absolute atomic E-state index is 0.0122. The molecular weight excluding hydrogens is 330 g/mol. The van der Waals surface area contributed by atoms with Crippen LogP contribution in [0.2, 0.25) is 0 Å². The maximum absolute atomic E-state index is 11.7. The van der Waals surface area contributed by atoms with Crippen molar-refractivity contribution in [2.75, 3.05) is 17.7 Å². The second-order valence-electron chi connectivity index (χ2n) is 5.30. The van der Waals surface area contributed by atoms with Crippen LogP contribution >= 0.6 is 12.2 Å².